The lowest BCUT2D eigenvalue weighted by Gasteiger charge is -2.04. The van der Waals surface area contributed by atoms with E-state index in [2.05, 4.69) is 0 Å². The second-order valence-corrected chi connectivity index (χ2v) is 6.44. The minimum Gasteiger partial charge on any atom is -0.298 e. The Labute approximate surface area is 107 Å². The van der Waals surface area contributed by atoms with Crippen molar-refractivity contribution < 1.29 is 17.6 Å². The fourth-order valence-electron chi connectivity index (χ4n) is 1.59. The SMILES string of the molecule is CCCCS(=O)(=O)CC(=O)Cc1ccccc1F. The Morgan fingerprint density at radius 1 is 1.28 bits per heavy atom. The van der Waals surface area contributed by atoms with E-state index < -0.39 is 27.2 Å². The molecule has 1 aromatic carbocycles. The molecule has 0 spiro atoms. The first-order valence-corrected chi connectivity index (χ1v) is 7.72. The van der Waals surface area contributed by atoms with Crippen LogP contribution < -0.4 is 0 Å². The van der Waals surface area contributed by atoms with E-state index in [0.717, 1.165) is 6.42 Å². The first-order valence-electron chi connectivity index (χ1n) is 5.90. The lowest BCUT2D eigenvalue weighted by atomic mass is 10.1. The number of sulfone groups is 1. The fourth-order valence-corrected chi connectivity index (χ4v) is 3.05. The molecule has 0 atom stereocenters. The van der Waals surface area contributed by atoms with Gasteiger partial charge in [0.05, 0.1) is 5.75 Å². The highest BCUT2D eigenvalue weighted by atomic mass is 32.2. The monoisotopic (exact) mass is 272 g/mol. The highest BCUT2D eigenvalue weighted by molar-refractivity contribution is 7.92. The van der Waals surface area contributed by atoms with Gasteiger partial charge in [-0.1, -0.05) is 31.5 Å². The fraction of sp³-hybridized carbons (Fsp3) is 0.462. The molecular weight excluding hydrogens is 255 g/mol. The minimum atomic E-state index is -3.35. The molecule has 5 heteroatoms. The van der Waals surface area contributed by atoms with Gasteiger partial charge >= 0.3 is 0 Å². The summed E-state index contributed by atoms with van der Waals surface area (Å²) in [4.78, 5) is 11.6. The van der Waals surface area contributed by atoms with Gasteiger partial charge in [0.1, 0.15) is 11.6 Å². The Balaban J connectivity index is 2.60. The first-order chi connectivity index (χ1) is 8.44. The Kier molecular flexibility index (Phi) is 5.47. The zero-order valence-corrected chi connectivity index (χ0v) is 11.2. The molecule has 100 valence electrons. The zero-order valence-electron chi connectivity index (χ0n) is 10.4. The molecule has 3 nitrogen and oxygen atoms in total. The van der Waals surface area contributed by atoms with E-state index in [0.29, 0.717) is 6.42 Å². The summed E-state index contributed by atoms with van der Waals surface area (Å²) < 4.78 is 36.4. The van der Waals surface area contributed by atoms with E-state index in [1.54, 1.807) is 6.07 Å². The highest BCUT2D eigenvalue weighted by Crippen LogP contribution is 2.08. The number of Topliss-reactive ketones (excluding diaryl/α,β-unsaturated/α-hetero) is 1. The number of hydrogen-bond donors (Lipinski definition) is 0. The number of hydrogen-bond acceptors (Lipinski definition) is 3. The molecule has 0 fully saturated rings. The molecule has 0 aliphatic carbocycles. The molecule has 0 aliphatic rings. The molecule has 0 N–H and O–H groups in total. The van der Waals surface area contributed by atoms with Crippen molar-refractivity contribution in [2.45, 2.75) is 26.2 Å². The Bertz CT molecular complexity index is 509. The van der Waals surface area contributed by atoms with E-state index in [1.807, 2.05) is 6.92 Å². The third kappa shape index (κ3) is 4.96. The second kappa shape index (κ2) is 6.64. The van der Waals surface area contributed by atoms with E-state index >= 15 is 0 Å². The molecule has 0 radical (unpaired) electrons. The van der Waals surface area contributed by atoms with Crippen LogP contribution in [0.5, 0.6) is 0 Å². The van der Waals surface area contributed by atoms with Crippen LogP contribution in [-0.2, 0) is 21.1 Å². The predicted molar refractivity (Wildman–Crippen MR) is 68.7 cm³/mol. The molecule has 0 aliphatic heterocycles. The van der Waals surface area contributed by atoms with E-state index in [-0.39, 0.29) is 17.7 Å². The summed E-state index contributed by atoms with van der Waals surface area (Å²) in [7, 11) is -3.35. The van der Waals surface area contributed by atoms with Gasteiger partial charge in [0.25, 0.3) is 0 Å². The summed E-state index contributed by atoms with van der Waals surface area (Å²) in [6.45, 7) is 1.89. The third-order valence-corrected chi connectivity index (χ3v) is 4.21. The summed E-state index contributed by atoms with van der Waals surface area (Å²) in [5, 5.41) is 0. The smallest absolute Gasteiger partial charge is 0.157 e. The molecule has 18 heavy (non-hydrogen) atoms. The van der Waals surface area contributed by atoms with E-state index in [4.69, 9.17) is 0 Å². The van der Waals surface area contributed by atoms with Gasteiger partial charge in [-0.25, -0.2) is 12.8 Å². The van der Waals surface area contributed by atoms with Crippen LogP contribution in [-0.4, -0.2) is 25.7 Å². The van der Waals surface area contributed by atoms with Gasteiger partial charge in [-0.15, -0.1) is 0 Å². The quantitative estimate of drug-likeness (QED) is 0.764. The number of ketones is 1. The Morgan fingerprint density at radius 2 is 1.94 bits per heavy atom. The number of rotatable bonds is 7. The van der Waals surface area contributed by atoms with Crippen LogP contribution in [0.25, 0.3) is 0 Å². The van der Waals surface area contributed by atoms with Crippen LogP contribution in [0.3, 0.4) is 0 Å². The van der Waals surface area contributed by atoms with E-state index in [1.165, 1.54) is 18.2 Å². The zero-order chi connectivity index (χ0) is 13.6. The summed E-state index contributed by atoms with van der Waals surface area (Å²) in [5.74, 6) is -1.42. The van der Waals surface area contributed by atoms with Gasteiger partial charge in [-0.3, -0.25) is 4.79 Å². The van der Waals surface area contributed by atoms with Crippen molar-refractivity contribution in [3.8, 4) is 0 Å². The van der Waals surface area contributed by atoms with Crippen molar-refractivity contribution in [3.05, 3.63) is 35.6 Å². The van der Waals surface area contributed by atoms with Crippen molar-refractivity contribution >= 4 is 15.6 Å². The number of halogens is 1. The van der Waals surface area contributed by atoms with Gasteiger partial charge in [0.2, 0.25) is 0 Å². The molecule has 0 bridgehead atoms. The van der Waals surface area contributed by atoms with Gasteiger partial charge in [0, 0.05) is 6.42 Å². The van der Waals surface area contributed by atoms with Crippen molar-refractivity contribution in [2.75, 3.05) is 11.5 Å². The highest BCUT2D eigenvalue weighted by Gasteiger charge is 2.17. The molecule has 1 aromatic rings. The second-order valence-electron chi connectivity index (χ2n) is 4.25. The maximum absolute atomic E-state index is 13.3. The Hall–Kier alpha value is -1.23. The molecule has 0 heterocycles. The molecule has 0 saturated carbocycles. The van der Waals surface area contributed by atoms with Crippen LogP contribution in [0.1, 0.15) is 25.3 Å². The number of carbonyl (C=O) groups excluding carboxylic acids is 1. The van der Waals surface area contributed by atoms with Crippen LogP contribution in [0.15, 0.2) is 24.3 Å². The van der Waals surface area contributed by atoms with Gasteiger partial charge in [0.15, 0.2) is 15.6 Å². The molecule has 0 unspecified atom stereocenters. The lowest BCUT2D eigenvalue weighted by Crippen LogP contribution is -2.20. The third-order valence-electron chi connectivity index (χ3n) is 2.54. The van der Waals surface area contributed by atoms with Crippen LogP contribution in [0, 0.1) is 5.82 Å². The number of unbranched alkanes of at least 4 members (excludes halogenated alkanes) is 1. The van der Waals surface area contributed by atoms with Gasteiger partial charge < -0.3 is 0 Å². The average Bonchev–Trinajstić information content (AvgIpc) is 2.29. The maximum atomic E-state index is 13.3. The van der Waals surface area contributed by atoms with Crippen LogP contribution >= 0.6 is 0 Å². The van der Waals surface area contributed by atoms with Gasteiger partial charge in [-0.2, -0.15) is 0 Å². The predicted octanol–water partition coefficient (Wildman–Crippen LogP) is 2.15. The maximum Gasteiger partial charge on any atom is 0.157 e. The van der Waals surface area contributed by atoms with Gasteiger partial charge in [-0.05, 0) is 18.1 Å². The lowest BCUT2D eigenvalue weighted by molar-refractivity contribution is -0.116. The molecular formula is C13H17FO3S. The Morgan fingerprint density at radius 3 is 2.56 bits per heavy atom. The minimum absolute atomic E-state index is 0.0203. The topological polar surface area (TPSA) is 51.2 Å². The average molecular weight is 272 g/mol. The summed E-state index contributed by atoms with van der Waals surface area (Å²) >= 11 is 0. The van der Waals surface area contributed by atoms with Crippen molar-refractivity contribution in [1.29, 1.82) is 0 Å². The van der Waals surface area contributed by atoms with Crippen molar-refractivity contribution in [1.82, 2.24) is 0 Å². The van der Waals surface area contributed by atoms with Crippen molar-refractivity contribution in [2.24, 2.45) is 0 Å². The largest absolute Gasteiger partial charge is 0.298 e. The molecule has 0 amide bonds. The molecule has 1 rings (SSSR count). The van der Waals surface area contributed by atoms with Crippen molar-refractivity contribution in [3.63, 3.8) is 0 Å². The summed E-state index contributed by atoms with van der Waals surface area (Å²) in [6.07, 6.45) is 1.15. The number of benzene rings is 1. The molecule has 0 aromatic heterocycles. The summed E-state index contributed by atoms with van der Waals surface area (Å²) in [5.41, 5.74) is 0.244. The standard InChI is InChI=1S/C13H17FO3S/c1-2-3-8-18(16,17)10-12(15)9-11-6-4-5-7-13(11)14/h4-7H,2-3,8-10H2,1H3. The first kappa shape index (κ1) is 14.8. The summed E-state index contributed by atoms with van der Waals surface area (Å²) in [6, 6.07) is 5.90. The van der Waals surface area contributed by atoms with Crippen LogP contribution in [0.4, 0.5) is 4.39 Å². The van der Waals surface area contributed by atoms with Crippen LogP contribution in [0.2, 0.25) is 0 Å². The van der Waals surface area contributed by atoms with E-state index in [9.17, 15) is 17.6 Å². The normalized spacial score (nSPS) is 11.4. The number of carbonyl (C=O) groups is 1. The molecule has 0 saturated heterocycles.